The summed E-state index contributed by atoms with van der Waals surface area (Å²) in [6.45, 7) is 0. The van der Waals surface area contributed by atoms with Crippen LogP contribution in [0.25, 0.3) is 0 Å². The van der Waals surface area contributed by atoms with Crippen LogP contribution in [-0.2, 0) is 17.6 Å². The molecule has 0 spiro atoms. The topological polar surface area (TPSA) is 96.0 Å². The number of aromatic nitrogens is 2. The highest BCUT2D eigenvalue weighted by Crippen LogP contribution is 2.29. The van der Waals surface area contributed by atoms with Gasteiger partial charge in [-0.3, -0.25) is 9.59 Å². The van der Waals surface area contributed by atoms with E-state index in [1.54, 1.807) is 6.20 Å². The maximum absolute atomic E-state index is 12.6. The molecule has 3 heterocycles. The number of benzene rings is 2. The number of carbonyl (C=O) groups excluding carboxylic acids is 2. The number of halogens is 4. The molecule has 3 N–H and O–H groups in total. The van der Waals surface area contributed by atoms with Gasteiger partial charge in [0.2, 0.25) is 12.2 Å². The summed E-state index contributed by atoms with van der Waals surface area (Å²) in [7, 11) is 0. The van der Waals surface area contributed by atoms with Crippen molar-refractivity contribution in [1.29, 1.82) is 0 Å². The molecular formula is C25H19ClF3N5O2S. The van der Waals surface area contributed by atoms with Crippen LogP contribution in [0, 0.1) is 0 Å². The Kier molecular flexibility index (Phi) is 8.04. The van der Waals surface area contributed by atoms with Gasteiger partial charge in [-0.1, -0.05) is 23.7 Å². The number of anilines is 5. The Labute approximate surface area is 218 Å². The molecule has 0 saturated carbocycles. The highest BCUT2D eigenvalue weighted by molar-refractivity contribution is 7.08. The van der Waals surface area contributed by atoms with Gasteiger partial charge in [0.1, 0.15) is 5.02 Å². The highest BCUT2D eigenvalue weighted by atomic mass is 35.5. The van der Waals surface area contributed by atoms with Crippen molar-refractivity contribution in [2.75, 3.05) is 16.0 Å². The average molecular weight is 546 g/mol. The molecule has 5 rings (SSSR count). The number of aryl methyl sites for hydroxylation is 2. The lowest BCUT2D eigenvalue weighted by Crippen LogP contribution is -2.13. The van der Waals surface area contributed by atoms with E-state index in [2.05, 4.69) is 38.1 Å². The van der Waals surface area contributed by atoms with Gasteiger partial charge in [-0.05, 0) is 65.7 Å². The van der Waals surface area contributed by atoms with Crippen molar-refractivity contribution in [2.45, 2.75) is 19.0 Å². The third-order valence-electron chi connectivity index (χ3n) is 5.14. The molecule has 7 nitrogen and oxygen atoms in total. The smallest absolute Gasteiger partial charge is 0.339 e. The number of rotatable bonds is 2. The summed E-state index contributed by atoms with van der Waals surface area (Å²) in [6.07, 6.45) is -2.55. The Morgan fingerprint density at radius 2 is 1.86 bits per heavy atom. The molecule has 0 saturated heterocycles. The Morgan fingerprint density at radius 3 is 2.59 bits per heavy atom. The number of hydrogen-bond acceptors (Lipinski definition) is 7. The number of carbonyl (C=O) groups is 2. The second-order valence-electron chi connectivity index (χ2n) is 7.84. The predicted octanol–water partition coefficient (Wildman–Crippen LogP) is 6.78. The van der Waals surface area contributed by atoms with Gasteiger partial charge in [-0.15, -0.1) is 0 Å². The largest absolute Gasteiger partial charge is 0.446 e. The zero-order valence-electron chi connectivity index (χ0n) is 19.0. The summed E-state index contributed by atoms with van der Waals surface area (Å²) in [5.74, 6) is 0.856. The van der Waals surface area contributed by atoms with Gasteiger partial charge in [0.15, 0.2) is 5.82 Å². The molecule has 0 radical (unpaired) electrons. The number of nitrogens with zero attached hydrogens (tertiary/aromatic N) is 2. The van der Waals surface area contributed by atoms with Crippen LogP contribution in [0.1, 0.15) is 21.5 Å². The molecule has 4 aromatic rings. The van der Waals surface area contributed by atoms with Gasteiger partial charge >= 0.3 is 6.18 Å². The zero-order chi connectivity index (χ0) is 26.4. The molecule has 12 heteroatoms. The van der Waals surface area contributed by atoms with Crippen molar-refractivity contribution in [3.8, 4) is 0 Å². The fraction of sp³-hybridized carbons (Fsp3) is 0.120. The van der Waals surface area contributed by atoms with Gasteiger partial charge in [0.25, 0.3) is 5.91 Å². The summed E-state index contributed by atoms with van der Waals surface area (Å²) in [5, 5.41) is 13.7. The van der Waals surface area contributed by atoms with E-state index in [0.29, 0.717) is 22.4 Å². The third kappa shape index (κ3) is 7.28. The van der Waals surface area contributed by atoms with Crippen LogP contribution in [0.3, 0.4) is 0 Å². The first-order valence-electron chi connectivity index (χ1n) is 10.9. The quantitative estimate of drug-likeness (QED) is 0.240. The molecule has 2 aromatic heterocycles. The van der Waals surface area contributed by atoms with Crippen LogP contribution in [0.15, 0.2) is 65.5 Å². The first-order valence-corrected chi connectivity index (χ1v) is 12.2. The molecule has 37 heavy (non-hydrogen) atoms. The van der Waals surface area contributed by atoms with Crippen molar-refractivity contribution < 1.29 is 22.8 Å². The van der Waals surface area contributed by atoms with E-state index in [1.807, 2.05) is 47.2 Å². The minimum Gasteiger partial charge on any atom is -0.339 e. The number of thiophene rings is 1. The fourth-order valence-corrected chi connectivity index (χ4v) is 4.23. The Balaban J connectivity index is 0.000000480. The second-order valence-corrected chi connectivity index (χ2v) is 9.03. The lowest BCUT2D eigenvalue weighted by Gasteiger charge is -2.14. The van der Waals surface area contributed by atoms with E-state index in [4.69, 9.17) is 16.4 Å². The van der Waals surface area contributed by atoms with Crippen molar-refractivity contribution in [3.63, 3.8) is 0 Å². The molecular weight excluding hydrogens is 527 g/mol. The standard InChI is InChI=1S/C23H18ClN5OS.C2HF3O/c24-19-12-25-23-27-17-3-1-2-14(10-17)4-5-15-11-18(26-21(19)29-23)6-7-20(15)28-22(30)16-8-9-31-13-16;3-2(4,5)1-6/h1-3,6-13H,4-5H2,(H,28,30)(H2,25,26,27,29);1H. The average Bonchev–Trinajstić information content (AvgIpc) is 3.41. The van der Waals surface area contributed by atoms with E-state index >= 15 is 0 Å². The predicted molar refractivity (Wildman–Crippen MR) is 138 cm³/mol. The zero-order valence-corrected chi connectivity index (χ0v) is 20.5. The molecule has 0 unspecified atom stereocenters. The minimum atomic E-state index is -4.64. The number of alkyl halides is 3. The summed E-state index contributed by atoms with van der Waals surface area (Å²) in [4.78, 5) is 30.1. The van der Waals surface area contributed by atoms with Crippen LogP contribution in [0.2, 0.25) is 5.02 Å². The fourth-order valence-electron chi connectivity index (χ4n) is 3.45. The molecule has 2 aromatic carbocycles. The number of nitrogens with one attached hydrogen (secondary N) is 3. The van der Waals surface area contributed by atoms with Gasteiger partial charge in [-0.25, -0.2) is 4.98 Å². The Hall–Kier alpha value is -3.96. The lowest BCUT2D eigenvalue weighted by atomic mass is 10.0. The highest BCUT2D eigenvalue weighted by Gasteiger charge is 2.25. The van der Waals surface area contributed by atoms with Crippen LogP contribution in [-0.4, -0.2) is 28.3 Å². The van der Waals surface area contributed by atoms with Crippen LogP contribution >= 0.6 is 22.9 Å². The second kappa shape index (κ2) is 11.4. The maximum Gasteiger partial charge on any atom is 0.446 e. The molecule has 1 amide bonds. The van der Waals surface area contributed by atoms with Crippen molar-refractivity contribution in [3.05, 3.63) is 87.2 Å². The van der Waals surface area contributed by atoms with E-state index in [1.165, 1.54) is 16.9 Å². The van der Waals surface area contributed by atoms with Crippen molar-refractivity contribution in [2.24, 2.45) is 0 Å². The van der Waals surface area contributed by atoms with Crippen molar-refractivity contribution in [1.82, 2.24) is 9.97 Å². The third-order valence-corrected chi connectivity index (χ3v) is 6.10. The van der Waals surface area contributed by atoms with E-state index in [-0.39, 0.29) is 5.91 Å². The van der Waals surface area contributed by atoms with E-state index in [0.717, 1.165) is 35.5 Å². The lowest BCUT2D eigenvalue weighted by molar-refractivity contribution is -0.156. The SMILES string of the molecule is O=C(Nc1ccc2cc1CCc1cccc(c1)Nc1ncc(Cl)c(n1)N2)c1ccsc1.O=CC(F)(F)F. The molecule has 0 fully saturated rings. The first kappa shape index (κ1) is 26.1. The minimum absolute atomic E-state index is 0.115. The monoisotopic (exact) mass is 545 g/mol. The first-order chi connectivity index (χ1) is 17.7. The summed E-state index contributed by atoms with van der Waals surface area (Å²) in [5.41, 5.74) is 5.38. The van der Waals surface area contributed by atoms with E-state index < -0.39 is 12.5 Å². The number of hydrogen-bond donors (Lipinski definition) is 3. The maximum atomic E-state index is 12.6. The Bertz CT molecular complexity index is 1410. The number of aldehydes is 1. The van der Waals surface area contributed by atoms with Crippen LogP contribution in [0.5, 0.6) is 0 Å². The van der Waals surface area contributed by atoms with Crippen LogP contribution < -0.4 is 16.0 Å². The van der Waals surface area contributed by atoms with E-state index in [9.17, 15) is 18.0 Å². The van der Waals surface area contributed by atoms with Gasteiger partial charge in [0.05, 0.1) is 11.8 Å². The summed E-state index contributed by atoms with van der Waals surface area (Å²) < 4.78 is 31.2. The molecule has 190 valence electrons. The van der Waals surface area contributed by atoms with Crippen molar-refractivity contribution >= 4 is 64.0 Å². The molecule has 6 bridgehead atoms. The van der Waals surface area contributed by atoms with Gasteiger partial charge in [-0.2, -0.15) is 29.5 Å². The molecule has 0 aliphatic carbocycles. The molecule has 1 aliphatic rings. The summed E-state index contributed by atoms with van der Waals surface area (Å²) in [6, 6.07) is 15.8. The number of fused-ring (bicyclic) bond motifs is 6. The molecule has 0 atom stereocenters. The normalized spacial score (nSPS) is 12.2. The van der Waals surface area contributed by atoms with Gasteiger partial charge < -0.3 is 16.0 Å². The van der Waals surface area contributed by atoms with Crippen LogP contribution in [0.4, 0.5) is 42.0 Å². The summed E-state index contributed by atoms with van der Waals surface area (Å²) >= 11 is 7.82. The Morgan fingerprint density at radius 1 is 1.08 bits per heavy atom. The molecule has 1 aliphatic heterocycles. The van der Waals surface area contributed by atoms with Gasteiger partial charge in [0, 0.05) is 22.4 Å². The number of amides is 1.